The summed E-state index contributed by atoms with van der Waals surface area (Å²) in [4.78, 5) is 70.5. The number of hydrogen-bond donors (Lipinski definition) is 1. The quantitative estimate of drug-likeness (QED) is 0.172. The molecule has 3 aliphatic rings. The number of fused-ring (bicyclic) bond motifs is 5. The van der Waals surface area contributed by atoms with Gasteiger partial charge in [0.05, 0.1) is 29.0 Å². The van der Waals surface area contributed by atoms with Gasteiger partial charge in [-0.05, 0) is 55.5 Å². The molecule has 1 N–H and O–H groups in total. The number of hydrogen-bond acceptors (Lipinski definition) is 9. The maximum Gasteiger partial charge on any atom is 0.355 e. The molecule has 3 aromatic rings. The Labute approximate surface area is 253 Å². The van der Waals surface area contributed by atoms with E-state index >= 15 is 0 Å². The molecule has 6 rings (SSSR count). The number of phenolic OH excluding ortho intramolecular Hbond substituents is 1. The first-order valence-corrected chi connectivity index (χ1v) is 15.2. The van der Waals surface area contributed by atoms with Gasteiger partial charge in [0.2, 0.25) is 17.4 Å². The monoisotopic (exact) mass is 601 g/mol. The molecule has 11 heteroatoms. The van der Waals surface area contributed by atoms with E-state index in [0.29, 0.717) is 61.2 Å². The molecule has 1 unspecified atom stereocenters. The lowest BCUT2D eigenvalue weighted by Gasteiger charge is -2.35. The van der Waals surface area contributed by atoms with Crippen LogP contribution >= 0.6 is 0 Å². The second-order valence-electron chi connectivity index (χ2n) is 11.8. The normalized spacial score (nSPS) is 20.5. The zero-order chi connectivity index (χ0) is 31.3. The van der Waals surface area contributed by atoms with E-state index in [1.54, 1.807) is 42.7 Å². The number of aromatic nitrogens is 2. The molecule has 0 radical (unpaired) electrons. The number of amides is 2. The molecule has 2 aromatic heterocycles. The molecule has 44 heavy (non-hydrogen) atoms. The highest BCUT2D eigenvalue weighted by atomic mass is 16.6. The van der Waals surface area contributed by atoms with Crippen molar-refractivity contribution in [2.24, 2.45) is 5.92 Å². The van der Waals surface area contributed by atoms with Crippen molar-refractivity contribution >= 4 is 34.7 Å². The van der Waals surface area contributed by atoms with Gasteiger partial charge in [-0.15, -0.1) is 0 Å². The number of cyclic esters (lactones) is 1. The van der Waals surface area contributed by atoms with Crippen molar-refractivity contribution in [3.05, 3.63) is 56.9 Å². The lowest BCUT2D eigenvalue weighted by Crippen LogP contribution is -2.47. The van der Waals surface area contributed by atoms with Crippen molar-refractivity contribution in [2.75, 3.05) is 6.54 Å². The minimum absolute atomic E-state index is 0.0235. The molecule has 11 nitrogen and oxygen atoms in total. The number of likely N-dealkylation sites (tertiary alicyclic amines) is 1. The molecular formula is C33H35N3O8. The van der Waals surface area contributed by atoms with Crippen molar-refractivity contribution < 1.29 is 33.8 Å². The smallest absolute Gasteiger partial charge is 0.355 e. The van der Waals surface area contributed by atoms with Gasteiger partial charge in [0.25, 0.3) is 5.56 Å². The average molecular weight is 602 g/mol. The lowest BCUT2D eigenvalue weighted by molar-refractivity contribution is -0.189. The van der Waals surface area contributed by atoms with Crippen LogP contribution in [0.2, 0.25) is 0 Å². The highest BCUT2D eigenvalue weighted by molar-refractivity contribution is 6.03. The number of unbranched alkanes of at least 4 members (excludes halogenated alkanes) is 2. The predicted molar refractivity (Wildman–Crippen MR) is 158 cm³/mol. The molecule has 5 heterocycles. The van der Waals surface area contributed by atoms with Gasteiger partial charge in [0.15, 0.2) is 0 Å². The summed E-state index contributed by atoms with van der Waals surface area (Å²) >= 11 is 0. The van der Waals surface area contributed by atoms with Crippen molar-refractivity contribution in [1.29, 1.82) is 0 Å². The van der Waals surface area contributed by atoms with E-state index in [1.807, 2.05) is 6.92 Å². The second kappa shape index (κ2) is 11.2. The number of ether oxygens (including phenoxy) is 2. The highest BCUT2D eigenvalue weighted by Gasteiger charge is 2.50. The van der Waals surface area contributed by atoms with Crippen LogP contribution in [-0.2, 0) is 53.8 Å². The van der Waals surface area contributed by atoms with Gasteiger partial charge >= 0.3 is 11.9 Å². The van der Waals surface area contributed by atoms with Crippen LogP contribution in [0.3, 0.4) is 0 Å². The topological polar surface area (TPSA) is 145 Å². The first-order chi connectivity index (χ1) is 21.1. The van der Waals surface area contributed by atoms with Gasteiger partial charge in [-0.1, -0.05) is 27.2 Å². The molecule has 1 fully saturated rings. The number of aromatic hydroxyl groups is 1. The summed E-state index contributed by atoms with van der Waals surface area (Å²) in [7, 11) is 0. The predicted octanol–water partition coefficient (Wildman–Crippen LogP) is 3.85. The first kappa shape index (κ1) is 29.5. The van der Waals surface area contributed by atoms with Crippen molar-refractivity contribution in [2.45, 2.75) is 84.5 Å². The largest absolute Gasteiger partial charge is 0.508 e. The summed E-state index contributed by atoms with van der Waals surface area (Å²) in [6, 6.07) is 6.72. The Morgan fingerprint density at radius 1 is 1.11 bits per heavy atom. The molecule has 3 aliphatic heterocycles. The molecule has 0 bridgehead atoms. The SMILES string of the molecule is CCc1c2c(nc3ccc(O)cc13)-c1cc3c(c(=O)n1C2)COC(=O)[C@@]3(CC)OC(=O)CCCCCN1C(=O)CC(C)C1=O. The van der Waals surface area contributed by atoms with Crippen LogP contribution in [0, 0.1) is 5.92 Å². The Kier molecular flexibility index (Phi) is 7.51. The van der Waals surface area contributed by atoms with Crippen LogP contribution in [0.25, 0.3) is 22.3 Å². The third-order valence-corrected chi connectivity index (χ3v) is 9.13. The highest BCUT2D eigenvalue weighted by Crippen LogP contribution is 2.42. The van der Waals surface area contributed by atoms with Gasteiger partial charge in [0.1, 0.15) is 12.4 Å². The summed E-state index contributed by atoms with van der Waals surface area (Å²) < 4.78 is 13.0. The van der Waals surface area contributed by atoms with Gasteiger partial charge in [-0.3, -0.25) is 24.1 Å². The van der Waals surface area contributed by atoms with Gasteiger partial charge in [-0.25, -0.2) is 9.78 Å². The maximum absolute atomic E-state index is 13.8. The summed E-state index contributed by atoms with van der Waals surface area (Å²) in [5, 5.41) is 10.9. The second-order valence-corrected chi connectivity index (χ2v) is 11.8. The van der Waals surface area contributed by atoms with Gasteiger partial charge in [-0.2, -0.15) is 0 Å². The fourth-order valence-corrected chi connectivity index (χ4v) is 6.76. The van der Waals surface area contributed by atoms with Crippen molar-refractivity contribution in [3.63, 3.8) is 0 Å². The number of imide groups is 1. The number of rotatable bonds is 9. The van der Waals surface area contributed by atoms with E-state index in [1.165, 1.54) is 4.90 Å². The van der Waals surface area contributed by atoms with Crippen LogP contribution in [-0.4, -0.2) is 49.9 Å². The van der Waals surface area contributed by atoms with Crippen LogP contribution in [0.5, 0.6) is 5.75 Å². The van der Waals surface area contributed by atoms with E-state index in [9.17, 15) is 29.1 Å². The Balaban J connectivity index is 1.26. The first-order valence-electron chi connectivity index (χ1n) is 15.2. The fraction of sp³-hybridized carbons (Fsp3) is 0.455. The Morgan fingerprint density at radius 3 is 2.61 bits per heavy atom. The molecule has 2 amide bonds. The fourth-order valence-electron chi connectivity index (χ4n) is 6.76. The molecular weight excluding hydrogens is 566 g/mol. The molecule has 1 aromatic carbocycles. The minimum Gasteiger partial charge on any atom is -0.508 e. The van der Waals surface area contributed by atoms with E-state index in [0.717, 1.165) is 16.5 Å². The summed E-state index contributed by atoms with van der Waals surface area (Å²) in [5.74, 6) is -1.81. The summed E-state index contributed by atoms with van der Waals surface area (Å²) in [6.45, 7) is 5.84. The average Bonchev–Trinajstić information content (AvgIpc) is 3.48. The molecule has 2 atom stereocenters. The Hall–Kier alpha value is -4.54. The van der Waals surface area contributed by atoms with Crippen molar-refractivity contribution in [3.8, 4) is 17.1 Å². The van der Waals surface area contributed by atoms with Crippen LogP contribution in [0.15, 0.2) is 29.1 Å². The number of carbonyl (C=O) groups excluding carboxylic acids is 4. The number of aryl methyl sites for hydroxylation is 1. The van der Waals surface area contributed by atoms with E-state index in [-0.39, 0.29) is 60.5 Å². The zero-order valence-electron chi connectivity index (χ0n) is 25.1. The molecule has 0 aliphatic carbocycles. The van der Waals surface area contributed by atoms with Gasteiger partial charge in [0, 0.05) is 41.8 Å². The zero-order valence-corrected chi connectivity index (χ0v) is 25.1. The van der Waals surface area contributed by atoms with Crippen LogP contribution < -0.4 is 5.56 Å². The van der Waals surface area contributed by atoms with Crippen molar-refractivity contribution in [1.82, 2.24) is 14.5 Å². The minimum atomic E-state index is -1.77. The third-order valence-electron chi connectivity index (χ3n) is 9.13. The van der Waals surface area contributed by atoms with E-state index < -0.39 is 17.5 Å². The molecule has 1 saturated heterocycles. The van der Waals surface area contributed by atoms with Gasteiger partial charge < -0.3 is 19.1 Å². The number of esters is 2. The number of pyridine rings is 2. The maximum atomic E-state index is 13.8. The van der Waals surface area contributed by atoms with E-state index in [2.05, 4.69) is 0 Å². The van der Waals surface area contributed by atoms with E-state index in [4.69, 9.17) is 14.5 Å². The van der Waals surface area contributed by atoms with Crippen LogP contribution in [0.4, 0.5) is 0 Å². The molecule has 0 spiro atoms. The lowest BCUT2D eigenvalue weighted by atomic mass is 9.85. The molecule has 0 saturated carbocycles. The number of carbonyl (C=O) groups is 4. The molecule has 230 valence electrons. The number of benzene rings is 1. The Bertz CT molecular complexity index is 1790. The summed E-state index contributed by atoms with van der Waals surface area (Å²) in [6.07, 6.45) is 2.58. The number of nitrogens with zero attached hydrogens (tertiary/aromatic N) is 3. The standard InChI is InChI=1S/C33H35N3O8/c1-4-20-21-14-19(37)10-11-25(21)34-29-22(20)16-36-26(29)15-24-23(31(36)41)17-43-32(42)33(24,5-2)44-28(39)9-7-6-8-12-35-27(38)13-18(3)30(35)40/h10-11,14-15,18,37H,4-9,12-13,16-17H2,1-3H3/t18?,33-/m0/s1. The third kappa shape index (κ3) is 4.65. The Morgan fingerprint density at radius 2 is 1.91 bits per heavy atom. The number of phenols is 1. The summed E-state index contributed by atoms with van der Waals surface area (Å²) in [5.41, 5.74) is 2.19. The van der Waals surface area contributed by atoms with Crippen LogP contribution in [0.1, 0.15) is 81.5 Å².